The monoisotopic (exact) mass is 262 g/mol. The molecule has 0 spiro atoms. The minimum atomic E-state index is 0.209. The summed E-state index contributed by atoms with van der Waals surface area (Å²) in [5, 5.41) is 15.1. The molecular formula is C14H18N2OS. The lowest BCUT2D eigenvalue weighted by Crippen LogP contribution is -1.95. The molecule has 0 aliphatic carbocycles. The SMILES string of the molecule is CNc1nc(CCc2cccc(CCO)c2)cs1. The molecule has 0 unspecified atom stereocenters. The van der Waals surface area contributed by atoms with E-state index in [4.69, 9.17) is 5.11 Å². The van der Waals surface area contributed by atoms with Gasteiger partial charge in [-0.15, -0.1) is 11.3 Å². The Hall–Kier alpha value is -1.39. The number of aliphatic hydroxyl groups is 1. The fourth-order valence-electron chi connectivity index (χ4n) is 1.88. The molecule has 0 aliphatic rings. The number of nitrogens with zero attached hydrogens (tertiary/aromatic N) is 1. The van der Waals surface area contributed by atoms with Crippen molar-refractivity contribution in [3.05, 3.63) is 46.5 Å². The predicted octanol–water partition coefficient (Wildman–Crippen LogP) is 2.50. The molecular weight excluding hydrogens is 244 g/mol. The van der Waals surface area contributed by atoms with Crippen LogP contribution in [-0.2, 0) is 19.3 Å². The Morgan fingerprint density at radius 3 is 2.67 bits per heavy atom. The van der Waals surface area contributed by atoms with Crippen LogP contribution in [0.1, 0.15) is 16.8 Å². The number of nitrogens with one attached hydrogen (secondary N) is 1. The average molecular weight is 262 g/mol. The summed E-state index contributed by atoms with van der Waals surface area (Å²) in [5.74, 6) is 0. The normalized spacial score (nSPS) is 10.6. The van der Waals surface area contributed by atoms with Gasteiger partial charge >= 0.3 is 0 Å². The second kappa shape index (κ2) is 6.52. The van der Waals surface area contributed by atoms with E-state index in [1.54, 1.807) is 11.3 Å². The lowest BCUT2D eigenvalue weighted by Gasteiger charge is -2.03. The van der Waals surface area contributed by atoms with E-state index >= 15 is 0 Å². The van der Waals surface area contributed by atoms with Gasteiger partial charge in [-0.25, -0.2) is 4.98 Å². The van der Waals surface area contributed by atoms with E-state index in [0.29, 0.717) is 0 Å². The van der Waals surface area contributed by atoms with Crippen LogP contribution in [-0.4, -0.2) is 23.7 Å². The third-order valence-electron chi connectivity index (χ3n) is 2.83. The zero-order valence-corrected chi connectivity index (χ0v) is 11.3. The number of benzene rings is 1. The Morgan fingerprint density at radius 1 is 1.22 bits per heavy atom. The van der Waals surface area contributed by atoms with E-state index in [-0.39, 0.29) is 6.61 Å². The van der Waals surface area contributed by atoms with Crippen LogP contribution in [0.15, 0.2) is 29.6 Å². The first-order chi connectivity index (χ1) is 8.81. The van der Waals surface area contributed by atoms with Gasteiger partial charge in [0.2, 0.25) is 0 Å². The van der Waals surface area contributed by atoms with Crippen LogP contribution in [0.5, 0.6) is 0 Å². The topological polar surface area (TPSA) is 45.2 Å². The Morgan fingerprint density at radius 2 is 2.00 bits per heavy atom. The molecule has 4 heteroatoms. The highest BCUT2D eigenvalue weighted by Crippen LogP contribution is 2.16. The molecule has 1 heterocycles. The first-order valence-electron chi connectivity index (χ1n) is 6.12. The second-order valence-electron chi connectivity index (χ2n) is 4.19. The summed E-state index contributed by atoms with van der Waals surface area (Å²) in [7, 11) is 1.89. The van der Waals surface area contributed by atoms with E-state index in [0.717, 1.165) is 30.1 Å². The zero-order valence-electron chi connectivity index (χ0n) is 10.5. The van der Waals surface area contributed by atoms with Gasteiger partial charge in [-0.1, -0.05) is 24.3 Å². The molecule has 0 saturated carbocycles. The van der Waals surface area contributed by atoms with E-state index in [2.05, 4.69) is 39.9 Å². The Balaban J connectivity index is 1.94. The van der Waals surface area contributed by atoms with E-state index in [1.807, 2.05) is 7.05 Å². The van der Waals surface area contributed by atoms with Gasteiger partial charge in [0, 0.05) is 19.0 Å². The van der Waals surface area contributed by atoms with Crippen molar-refractivity contribution in [3.63, 3.8) is 0 Å². The quantitative estimate of drug-likeness (QED) is 0.841. The lowest BCUT2D eigenvalue weighted by molar-refractivity contribution is 0.299. The van der Waals surface area contributed by atoms with Crippen LogP contribution in [0.4, 0.5) is 5.13 Å². The molecule has 96 valence electrons. The van der Waals surface area contributed by atoms with Crippen molar-refractivity contribution in [2.45, 2.75) is 19.3 Å². The van der Waals surface area contributed by atoms with Crippen LogP contribution in [0.2, 0.25) is 0 Å². The van der Waals surface area contributed by atoms with Crippen LogP contribution in [0, 0.1) is 0 Å². The van der Waals surface area contributed by atoms with E-state index < -0.39 is 0 Å². The van der Waals surface area contributed by atoms with Crippen molar-refractivity contribution in [1.82, 2.24) is 4.98 Å². The highest BCUT2D eigenvalue weighted by atomic mass is 32.1. The first kappa shape index (κ1) is 13.1. The van der Waals surface area contributed by atoms with Crippen LogP contribution in [0.25, 0.3) is 0 Å². The van der Waals surface area contributed by atoms with Crippen molar-refractivity contribution < 1.29 is 5.11 Å². The summed E-state index contributed by atoms with van der Waals surface area (Å²) in [4.78, 5) is 4.47. The van der Waals surface area contributed by atoms with Gasteiger partial charge in [-0.2, -0.15) is 0 Å². The molecule has 1 aromatic carbocycles. The molecule has 2 N–H and O–H groups in total. The lowest BCUT2D eigenvalue weighted by atomic mass is 10.0. The Bertz CT molecular complexity index is 496. The minimum Gasteiger partial charge on any atom is -0.396 e. The van der Waals surface area contributed by atoms with Crippen molar-refractivity contribution in [1.29, 1.82) is 0 Å². The van der Waals surface area contributed by atoms with Crippen LogP contribution in [0.3, 0.4) is 0 Å². The van der Waals surface area contributed by atoms with Crippen molar-refractivity contribution >= 4 is 16.5 Å². The summed E-state index contributed by atoms with van der Waals surface area (Å²) < 4.78 is 0. The molecule has 2 aromatic rings. The van der Waals surface area contributed by atoms with Crippen LogP contribution < -0.4 is 5.32 Å². The number of aromatic nitrogens is 1. The Labute approximate surface area is 112 Å². The predicted molar refractivity (Wildman–Crippen MR) is 76.3 cm³/mol. The third kappa shape index (κ3) is 3.55. The maximum Gasteiger partial charge on any atom is 0.182 e. The molecule has 1 aromatic heterocycles. The summed E-state index contributed by atoms with van der Waals surface area (Å²) in [6, 6.07) is 8.41. The second-order valence-corrected chi connectivity index (χ2v) is 5.05. The zero-order chi connectivity index (χ0) is 12.8. The van der Waals surface area contributed by atoms with Crippen LogP contribution >= 0.6 is 11.3 Å². The van der Waals surface area contributed by atoms with Crippen molar-refractivity contribution in [2.24, 2.45) is 0 Å². The first-order valence-corrected chi connectivity index (χ1v) is 7.00. The van der Waals surface area contributed by atoms with Gasteiger partial charge in [0.05, 0.1) is 5.69 Å². The average Bonchev–Trinajstić information content (AvgIpc) is 2.85. The van der Waals surface area contributed by atoms with Gasteiger partial charge < -0.3 is 10.4 Å². The van der Waals surface area contributed by atoms with E-state index in [1.165, 1.54) is 11.1 Å². The molecule has 0 radical (unpaired) electrons. The fraction of sp³-hybridized carbons (Fsp3) is 0.357. The van der Waals surface area contributed by atoms with E-state index in [9.17, 15) is 0 Å². The molecule has 0 saturated heterocycles. The van der Waals surface area contributed by atoms with Gasteiger partial charge in [0.25, 0.3) is 0 Å². The number of rotatable bonds is 6. The van der Waals surface area contributed by atoms with Gasteiger partial charge in [0.15, 0.2) is 5.13 Å². The molecule has 18 heavy (non-hydrogen) atoms. The number of thiazole rings is 1. The van der Waals surface area contributed by atoms with Crippen molar-refractivity contribution in [2.75, 3.05) is 19.0 Å². The maximum atomic E-state index is 8.93. The molecule has 2 rings (SSSR count). The summed E-state index contributed by atoms with van der Waals surface area (Å²) >= 11 is 1.64. The molecule has 0 amide bonds. The molecule has 0 aliphatic heterocycles. The Kier molecular flexibility index (Phi) is 4.73. The van der Waals surface area contributed by atoms with Gasteiger partial charge in [0.1, 0.15) is 0 Å². The number of hydrogen-bond donors (Lipinski definition) is 2. The number of aryl methyl sites for hydroxylation is 2. The summed E-state index contributed by atoms with van der Waals surface area (Å²) in [5.41, 5.74) is 3.64. The smallest absolute Gasteiger partial charge is 0.182 e. The summed E-state index contributed by atoms with van der Waals surface area (Å²) in [6.07, 6.45) is 2.68. The molecule has 0 atom stereocenters. The van der Waals surface area contributed by atoms with Crippen molar-refractivity contribution in [3.8, 4) is 0 Å². The maximum absolute atomic E-state index is 8.93. The fourth-order valence-corrected chi connectivity index (χ4v) is 2.58. The number of hydrogen-bond acceptors (Lipinski definition) is 4. The number of anilines is 1. The highest BCUT2D eigenvalue weighted by Gasteiger charge is 2.02. The molecule has 0 fully saturated rings. The van der Waals surface area contributed by atoms with Gasteiger partial charge in [-0.3, -0.25) is 0 Å². The number of aliphatic hydroxyl groups excluding tert-OH is 1. The highest BCUT2D eigenvalue weighted by molar-refractivity contribution is 7.13. The minimum absolute atomic E-state index is 0.209. The third-order valence-corrected chi connectivity index (χ3v) is 3.74. The standard InChI is InChI=1S/C14H18N2OS/c1-15-14-16-13(10-18-14)6-5-11-3-2-4-12(9-11)7-8-17/h2-4,9-10,17H,5-8H2,1H3,(H,15,16). The summed E-state index contributed by atoms with van der Waals surface area (Å²) in [6.45, 7) is 0.209. The largest absolute Gasteiger partial charge is 0.396 e. The molecule has 0 bridgehead atoms. The van der Waals surface area contributed by atoms with Gasteiger partial charge in [-0.05, 0) is 30.4 Å². The molecule has 3 nitrogen and oxygen atoms in total.